The van der Waals surface area contributed by atoms with Crippen molar-refractivity contribution in [1.82, 2.24) is 15.5 Å². The minimum atomic E-state index is -0.0224. The fraction of sp³-hybridized carbons (Fsp3) is 0.385. The third-order valence-corrected chi connectivity index (χ3v) is 4.09. The normalized spacial score (nSPS) is 12.4. The molecule has 2 aromatic rings. The Hall–Kier alpha value is -1.17. The highest BCUT2D eigenvalue weighted by atomic mass is 35.5. The van der Waals surface area contributed by atoms with Crippen LogP contribution in [0.15, 0.2) is 23.6 Å². The first-order chi connectivity index (χ1) is 9.26. The Morgan fingerprint density at radius 3 is 2.74 bits per heavy atom. The Kier molecular flexibility index (Phi) is 5.13. The molecule has 0 saturated carbocycles. The molecule has 102 valence electrons. The van der Waals surface area contributed by atoms with E-state index in [1.807, 2.05) is 23.6 Å². The summed E-state index contributed by atoms with van der Waals surface area (Å²) in [6.45, 7) is 3.02. The number of nitrogens with one attached hydrogen (secondary N) is 1. The largest absolute Gasteiger partial charge is 0.480 e. The van der Waals surface area contributed by atoms with Gasteiger partial charge in [-0.3, -0.25) is 0 Å². The third kappa shape index (κ3) is 3.43. The van der Waals surface area contributed by atoms with Crippen LogP contribution in [0.5, 0.6) is 5.88 Å². The molecule has 0 saturated heterocycles. The first kappa shape index (κ1) is 14.2. The molecule has 0 radical (unpaired) electrons. The van der Waals surface area contributed by atoms with Crippen molar-refractivity contribution in [3.05, 3.63) is 39.2 Å². The second-order valence-electron chi connectivity index (χ2n) is 4.02. The molecule has 0 aliphatic heterocycles. The second-order valence-corrected chi connectivity index (χ2v) is 5.38. The van der Waals surface area contributed by atoms with Gasteiger partial charge in [-0.1, -0.05) is 18.5 Å². The van der Waals surface area contributed by atoms with E-state index < -0.39 is 0 Å². The van der Waals surface area contributed by atoms with Crippen molar-refractivity contribution in [2.75, 3.05) is 13.7 Å². The van der Waals surface area contributed by atoms with E-state index in [2.05, 4.69) is 22.4 Å². The number of ether oxygens (including phenoxy) is 1. The summed E-state index contributed by atoms with van der Waals surface area (Å²) >= 11 is 7.84. The van der Waals surface area contributed by atoms with Gasteiger partial charge in [0.2, 0.25) is 5.88 Å². The van der Waals surface area contributed by atoms with Gasteiger partial charge in [0.15, 0.2) is 0 Å². The molecule has 0 fully saturated rings. The summed E-state index contributed by atoms with van der Waals surface area (Å²) in [6, 6.07) is 5.60. The number of aromatic nitrogens is 2. The van der Waals surface area contributed by atoms with Crippen LogP contribution in [0.2, 0.25) is 5.02 Å². The van der Waals surface area contributed by atoms with Crippen molar-refractivity contribution in [2.45, 2.75) is 19.4 Å². The fourth-order valence-electron chi connectivity index (χ4n) is 1.72. The van der Waals surface area contributed by atoms with Crippen LogP contribution in [-0.2, 0) is 0 Å². The maximum atomic E-state index is 6.22. The second kappa shape index (κ2) is 6.84. The van der Waals surface area contributed by atoms with Crippen LogP contribution >= 0.6 is 22.9 Å². The molecule has 0 amide bonds. The molecule has 19 heavy (non-hydrogen) atoms. The zero-order valence-corrected chi connectivity index (χ0v) is 12.5. The molecule has 1 atom stereocenters. The lowest BCUT2D eigenvalue weighted by Crippen LogP contribution is -2.23. The number of thiophene rings is 1. The van der Waals surface area contributed by atoms with E-state index in [0.717, 1.165) is 28.6 Å². The standard InChI is InChI=1S/C13H16ClN3OS/c1-3-7-15-12(13-9(14)6-8-19-13)10-4-5-11(18-2)17-16-10/h4-6,8,12,15H,3,7H2,1-2H3. The summed E-state index contributed by atoms with van der Waals surface area (Å²) in [5, 5.41) is 14.4. The highest BCUT2D eigenvalue weighted by Crippen LogP contribution is 2.32. The summed E-state index contributed by atoms with van der Waals surface area (Å²) in [6.07, 6.45) is 1.04. The van der Waals surface area contributed by atoms with Gasteiger partial charge in [-0.15, -0.1) is 21.5 Å². The number of halogens is 1. The molecule has 6 heteroatoms. The lowest BCUT2D eigenvalue weighted by molar-refractivity contribution is 0.390. The summed E-state index contributed by atoms with van der Waals surface area (Å²) < 4.78 is 5.03. The lowest BCUT2D eigenvalue weighted by atomic mass is 10.1. The summed E-state index contributed by atoms with van der Waals surface area (Å²) in [4.78, 5) is 1.06. The van der Waals surface area contributed by atoms with Crippen LogP contribution in [0.4, 0.5) is 0 Å². The number of methoxy groups -OCH3 is 1. The smallest absolute Gasteiger partial charge is 0.233 e. The maximum Gasteiger partial charge on any atom is 0.233 e. The molecule has 1 N–H and O–H groups in total. The fourth-order valence-corrected chi connectivity index (χ4v) is 2.98. The Labute approximate surface area is 121 Å². The van der Waals surface area contributed by atoms with Gasteiger partial charge in [0, 0.05) is 10.9 Å². The molecule has 0 bridgehead atoms. The highest BCUT2D eigenvalue weighted by molar-refractivity contribution is 7.10. The summed E-state index contributed by atoms with van der Waals surface area (Å²) in [5.41, 5.74) is 0.846. The topological polar surface area (TPSA) is 47.0 Å². The minimum absolute atomic E-state index is 0.0224. The van der Waals surface area contributed by atoms with Gasteiger partial charge in [-0.2, -0.15) is 0 Å². The zero-order chi connectivity index (χ0) is 13.7. The van der Waals surface area contributed by atoms with Gasteiger partial charge >= 0.3 is 0 Å². The van der Waals surface area contributed by atoms with Crippen molar-refractivity contribution in [3.63, 3.8) is 0 Å². The van der Waals surface area contributed by atoms with E-state index in [4.69, 9.17) is 16.3 Å². The molecule has 0 aliphatic carbocycles. The quantitative estimate of drug-likeness (QED) is 0.889. The van der Waals surface area contributed by atoms with E-state index in [1.165, 1.54) is 0 Å². The molecule has 2 aromatic heterocycles. The van der Waals surface area contributed by atoms with E-state index in [1.54, 1.807) is 18.4 Å². The predicted octanol–water partition coefficient (Wildman–Crippen LogP) is 3.29. The molecular weight excluding hydrogens is 282 g/mol. The third-order valence-electron chi connectivity index (χ3n) is 2.67. The molecule has 0 aromatic carbocycles. The van der Waals surface area contributed by atoms with Gasteiger partial charge in [-0.25, -0.2) is 0 Å². The first-order valence-electron chi connectivity index (χ1n) is 6.10. The van der Waals surface area contributed by atoms with E-state index in [9.17, 15) is 0 Å². The molecule has 1 unspecified atom stereocenters. The average molecular weight is 298 g/mol. The Balaban J connectivity index is 2.28. The Bertz CT molecular complexity index is 515. The van der Waals surface area contributed by atoms with Crippen LogP contribution in [0.25, 0.3) is 0 Å². The summed E-state index contributed by atoms with van der Waals surface area (Å²) in [5.74, 6) is 0.510. The van der Waals surface area contributed by atoms with E-state index in [-0.39, 0.29) is 6.04 Å². The Morgan fingerprint density at radius 2 is 2.21 bits per heavy atom. The lowest BCUT2D eigenvalue weighted by Gasteiger charge is -2.16. The Morgan fingerprint density at radius 1 is 1.37 bits per heavy atom. The van der Waals surface area contributed by atoms with Crippen LogP contribution < -0.4 is 10.1 Å². The van der Waals surface area contributed by atoms with Gasteiger partial charge in [0.05, 0.1) is 23.9 Å². The van der Waals surface area contributed by atoms with Crippen molar-refractivity contribution in [2.24, 2.45) is 0 Å². The van der Waals surface area contributed by atoms with Crippen LogP contribution in [0, 0.1) is 0 Å². The molecule has 2 rings (SSSR count). The number of hydrogen-bond acceptors (Lipinski definition) is 5. The molecule has 0 spiro atoms. The van der Waals surface area contributed by atoms with Crippen LogP contribution in [0.3, 0.4) is 0 Å². The van der Waals surface area contributed by atoms with Crippen molar-refractivity contribution in [3.8, 4) is 5.88 Å². The monoisotopic (exact) mass is 297 g/mol. The minimum Gasteiger partial charge on any atom is -0.480 e. The maximum absolute atomic E-state index is 6.22. The molecule has 0 aliphatic rings. The summed E-state index contributed by atoms with van der Waals surface area (Å²) in [7, 11) is 1.58. The van der Waals surface area contributed by atoms with Crippen LogP contribution in [-0.4, -0.2) is 23.9 Å². The van der Waals surface area contributed by atoms with Gasteiger partial charge in [0.25, 0.3) is 0 Å². The van der Waals surface area contributed by atoms with Crippen molar-refractivity contribution in [1.29, 1.82) is 0 Å². The van der Waals surface area contributed by atoms with E-state index >= 15 is 0 Å². The molecule has 2 heterocycles. The SMILES string of the molecule is CCCNC(c1ccc(OC)nn1)c1sccc1Cl. The van der Waals surface area contributed by atoms with E-state index in [0.29, 0.717) is 5.88 Å². The molecular formula is C13H16ClN3OS. The predicted molar refractivity (Wildman–Crippen MR) is 78.0 cm³/mol. The number of hydrogen-bond donors (Lipinski definition) is 1. The first-order valence-corrected chi connectivity index (χ1v) is 7.36. The molecule has 4 nitrogen and oxygen atoms in total. The van der Waals surface area contributed by atoms with Crippen molar-refractivity contribution < 1.29 is 4.74 Å². The highest BCUT2D eigenvalue weighted by Gasteiger charge is 2.19. The van der Waals surface area contributed by atoms with Gasteiger partial charge in [-0.05, 0) is 30.5 Å². The number of rotatable bonds is 6. The zero-order valence-electron chi connectivity index (χ0n) is 10.9. The van der Waals surface area contributed by atoms with Crippen molar-refractivity contribution >= 4 is 22.9 Å². The van der Waals surface area contributed by atoms with Gasteiger partial charge < -0.3 is 10.1 Å². The average Bonchev–Trinajstić information content (AvgIpc) is 2.86. The van der Waals surface area contributed by atoms with Crippen LogP contribution in [0.1, 0.15) is 30.0 Å². The number of nitrogens with zero attached hydrogens (tertiary/aromatic N) is 2. The van der Waals surface area contributed by atoms with Gasteiger partial charge in [0.1, 0.15) is 0 Å².